The van der Waals surface area contributed by atoms with Crippen LogP contribution in [0.1, 0.15) is 61.8 Å². The number of benzene rings is 1. The van der Waals surface area contributed by atoms with Gasteiger partial charge in [0.15, 0.2) is 5.78 Å². The molecule has 1 fully saturated rings. The Kier molecular flexibility index (Phi) is 5.50. The summed E-state index contributed by atoms with van der Waals surface area (Å²) in [6.07, 6.45) is 0.800. The van der Waals surface area contributed by atoms with Gasteiger partial charge in [-0.3, -0.25) is 14.4 Å². The van der Waals surface area contributed by atoms with Gasteiger partial charge in [0.2, 0.25) is 5.91 Å². The predicted molar refractivity (Wildman–Crippen MR) is 98.6 cm³/mol. The lowest BCUT2D eigenvalue weighted by atomic mass is 9.86. The molecule has 2 unspecified atom stereocenters. The van der Waals surface area contributed by atoms with Gasteiger partial charge in [-0.05, 0) is 43.9 Å². The lowest BCUT2D eigenvalue weighted by molar-refractivity contribution is -0.129. The fraction of sp³-hybridized carbons (Fsp3) is 0.571. The van der Waals surface area contributed by atoms with Crippen molar-refractivity contribution >= 4 is 17.5 Å². The molecule has 0 heterocycles. The van der Waals surface area contributed by atoms with E-state index in [9.17, 15) is 14.4 Å². The van der Waals surface area contributed by atoms with Crippen LogP contribution < -0.4 is 5.32 Å². The van der Waals surface area contributed by atoms with Crippen LogP contribution in [0, 0.1) is 32.1 Å². The average Bonchev–Trinajstić information content (AvgIpc) is 2.73. The van der Waals surface area contributed by atoms with Crippen LogP contribution in [0.3, 0.4) is 0 Å². The highest BCUT2D eigenvalue weighted by molar-refractivity contribution is 6.15. The third-order valence-electron chi connectivity index (χ3n) is 4.94. The van der Waals surface area contributed by atoms with Crippen molar-refractivity contribution in [1.82, 2.24) is 5.32 Å². The number of amides is 1. The number of carbonyl (C=O) groups excluding carboxylic acids is 3. The van der Waals surface area contributed by atoms with Gasteiger partial charge in [-0.1, -0.05) is 38.5 Å². The third kappa shape index (κ3) is 4.17. The van der Waals surface area contributed by atoms with Crippen molar-refractivity contribution in [2.75, 3.05) is 6.54 Å². The third-order valence-corrected chi connectivity index (χ3v) is 4.94. The Bertz CT molecular complexity index is 689. The maximum absolute atomic E-state index is 12.8. The average molecular weight is 343 g/mol. The first-order valence-electron chi connectivity index (χ1n) is 8.95. The Morgan fingerprint density at radius 1 is 1.12 bits per heavy atom. The van der Waals surface area contributed by atoms with Gasteiger partial charge in [-0.15, -0.1) is 0 Å². The van der Waals surface area contributed by atoms with E-state index in [0.29, 0.717) is 13.0 Å². The van der Waals surface area contributed by atoms with Crippen molar-refractivity contribution in [3.05, 3.63) is 34.4 Å². The van der Waals surface area contributed by atoms with Crippen LogP contribution in [0.5, 0.6) is 0 Å². The molecule has 0 radical (unpaired) electrons. The van der Waals surface area contributed by atoms with E-state index in [1.165, 1.54) is 0 Å². The van der Waals surface area contributed by atoms with Crippen LogP contribution >= 0.6 is 0 Å². The summed E-state index contributed by atoms with van der Waals surface area (Å²) in [6, 6.07) is 4.06. The van der Waals surface area contributed by atoms with E-state index < -0.39 is 11.3 Å². The Morgan fingerprint density at radius 2 is 1.68 bits per heavy atom. The molecular formula is C21H29NO3. The number of aryl methyl sites for hydroxylation is 3. The number of carbonyl (C=O) groups is 3. The first kappa shape index (κ1) is 19.4. The molecule has 1 saturated carbocycles. The van der Waals surface area contributed by atoms with Gasteiger partial charge in [-0.2, -0.15) is 0 Å². The van der Waals surface area contributed by atoms with E-state index in [1.807, 2.05) is 53.7 Å². The number of nitrogens with one attached hydrogen (secondary N) is 1. The fourth-order valence-electron chi connectivity index (χ4n) is 3.67. The van der Waals surface area contributed by atoms with Gasteiger partial charge in [-0.25, -0.2) is 0 Å². The number of rotatable bonds is 4. The first-order chi connectivity index (χ1) is 11.5. The molecule has 25 heavy (non-hydrogen) atoms. The fourth-order valence-corrected chi connectivity index (χ4v) is 3.67. The summed E-state index contributed by atoms with van der Waals surface area (Å²) in [5.41, 5.74) is 3.57. The Morgan fingerprint density at radius 3 is 2.20 bits per heavy atom. The van der Waals surface area contributed by atoms with Gasteiger partial charge in [0.1, 0.15) is 11.7 Å². The first-order valence-corrected chi connectivity index (χ1v) is 8.95. The SMILES string of the molecule is Cc1cc(C)c(C2C(=O)CC(CCNC(=O)C(C)(C)C)C2=O)c(C)c1. The van der Waals surface area contributed by atoms with Crippen LogP contribution in [0.15, 0.2) is 12.1 Å². The van der Waals surface area contributed by atoms with Crippen LogP contribution in [-0.4, -0.2) is 24.0 Å². The smallest absolute Gasteiger partial charge is 0.225 e. The minimum atomic E-state index is -0.635. The standard InChI is InChI=1S/C21H29NO3/c1-12-9-13(2)17(14(3)10-12)18-16(23)11-15(19(18)24)7-8-22-20(25)21(4,5)6/h9-10,15,18H,7-8,11H2,1-6H3,(H,22,25). The molecule has 0 aromatic heterocycles. The maximum Gasteiger partial charge on any atom is 0.225 e. The highest BCUT2D eigenvalue weighted by atomic mass is 16.2. The topological polar surface area (TPSA) is 63.2 Å². The second-order valence-electron chi connectivity index (χ2n) is 8.31. The summed E-state index contributed by atoms with van der Waals surface area (Å²) in [5.74, 6) is -0.954. The second-order valence-corrected chi connectivity index (χ2v) is 8.31. The van der Waals surface area contributed by atoms with E-state index in [1.54, 1.807) is 0 Å². The zero-order valence-corrected chi connectivity index (χ0v) is 16.2. The highest BCUT2D eigenvalue weighted by Crippen LogP contribution is 2.37. The van der Waals surface area contributed by atoms with Crippen molar-refractivity contribution in [2.45, 2.75) is 60.3 Å². The highest BCUT2D eigenvalue weighted by Gasteiger charge is 2.42. The molecule has 1 aliphatic carbocycles. The van der Waals surface area contributed by atoms with Crippen LogP contribution in [0.25, 0.3) is 0 Å². The lowest BCUT2D eigenvalue weighted by Gasteiger charge is -2.19. The molecule has 4 nitrogen and oxygen atoms in total. The van der Waals surface area contributed by atoms with Crippen molar-refractivity contribution < 1.29 is 14.4 Å². The van der Waals surface area contributed by atoms with Crippen LogP contribution in [0.4, 0.5) is 0 Å². The Balaban J connectivity index is 2.09. The molecule has 0 bridgehead atoms. The zero-order chi connectivity index (χ0) is 18.9. The zero-order valence-electron chi connectivity index (χ0n) is 16.2. The van der Waals surface area contributed by atoms with Crippen LogP contribution in [0.2, 0.25) is 0 Å². The molecule has 4 heteroatoms. The van der Waals surface area contributed by atoms with Gasteiger partial charge in [0.05, 0.1) is 0 Å². The Hall–Kier alpha value is -1.97. The number of hydrogen-bond acceptors (Lipinski definition) is 3. The minimum absolute atomic E-state index is 0.00469. The molecule has 1 aromatic rings. The van der Waals surface area contributed by atoms with E-state index in [2.05, 4.69) is 5.32 Å². The monoisotopic (exact) mass is 343 g/mol. The summed E-state index contributed by atoms with van der Waals surface area (Å²) in [7, 11) is 0. The molecule has 0 aliphatic heterocycles. The van der Waals surface area contributed by atoms with Crippen molar-refractivity contribution in [3.8, 4) is 0 Å². The van der Waals surface area contributed by atoms with Crippen molar-refractivity contribution in [2.24, 2.45) is 11.3 Å². The van der Waals surface area contributed by atoms with Crippen molar-refractivity contribution in [1.29, 1.82) is 0 Å². The van der Waals surface area contributed by atoms with E-state index in [-0.39, 0.29) is 29.8 Å². The molecule has 1 aliphatic rings. The molecule has 1 amide bonds. The summed E-state index contributed by atoms with van der Waals surface area (Å²) < 4.78 is 0. The van der Waals surface area contributed by atoms with Gasteiger partial charge in [0.25, 0.3) is 0 Å². The van der Waals surface area contributed by atoms with E-state index in [0.717, 1.165) is 22.3 Å². The van der Waals surface area contributed by atoms with Crippen molar-refractivity contribution in [3.63, 3.8) is 0 Å². The van der Waals surface area contributed by atoms with E-state index >= 15 is 0 Å². The molecule has 0 saturated heterocycles. The Labute approximate surface area is 150 Å². The second kappa shape index (κ2) is 7.11. The van der Waals surface area contributed by atoms with Gasteiger partial charge in [0, 0.05) is 24.3 Å². The summed E-state index contributed by atoms with van der Waals surface area (Å²) in [6.45, 7) is 11.9. The molecule has 1 aromatic carbocycles. The molecular weight excluding hydrogens is 314 g/mol. The predicted octanol–water partition coefficient (Wildman–Crippen LogP) is 3.41. The maximum atomic E-state index is 12.8. The minimum Gasteiger partial charge on any atom is -0.356 e. The van der Waals surface area contributed by atoms with Gasteiger partial charge < -0.3 is 5.32 Å². The normalized spacial score (nSPS) is 20.9. The van der Waals surface area contributed by atoms with E-state index in [4.69, 9.17) is 0 Å². The molecule has 2 rings (SSSR count). The number of hydrogen-bond donors (Lipinski definition) is 1. The number of ketones is 2. The molecule has 136 valence electrons. The van der Waals surface area contributed by atoms with Gasteiger partial charge >= 0.3 is 0 Å². The van der Waals surface area contributed by atoms with Crippen LogP contribution in [-0.2, 0) is 14.4 Å². The summed E-state index contributed by atoms with van der Waals surface area (Å²) in [4.78, 5) is 37.3. The molecule has 2 atom stereocenters. The largest absolute Gasteiger partial charge is 0.356 e. The molecule has 0 spiro atoms. The summed E-state index contributed by atoms with van der Waals surface area (Å²) >= 11 is 0. The summed E-state index contributed by atoms with van der Waals surface area (Å²) in [5, 5.41) is 2.87. The lowest BCUT2D eigenvalue weighted by Crippen LogP contribution is -2.36. The number of Topliss-reactive ketones (excluding diaryl/α,β-unsaturated/α-hetero) is 2. The quantitative estimate of drug-likeness (QED) is 0.852. The molecule has 1 N–H and O–H groups in total.